The second kappa shape index (κ2) is 9.19. The van der Waals surface area contributed by atoms with Crippen molar-refractivity contribution >= 4 is 42.9 Å². The van der Waals surface area contributed by atoms with Crippen molar-refractivity contribution in [2.45, 2.75) is 19.3 Å². The van der Waals surface area contributed by atoms with E-state index < -0.39 is 0 Å². The first-order chi connectivity index (χ1) is 20.1. The normalized spacial score (nSPS) is 13.3. The van der Waals surface area contributed by atoms with Gasteiger partial charge in [0.2, 0.25) is 0 Å². The first-order valence-corrected chi connectivity index (χ1v) is 15.0. The highest BCUT2D eigenvalue weighted by atomic mass is 32.1. The van der Waals surface area contributed by atoms with Gasteiger partial charge < -0.3 is 5.32 Å². The largest absolute Gasteiger partial charge is 0.355 e. The van der Waals surface area contributed by atoms with Crippen LogP contribution in [0.5, 0.6) is 0 Å². The van der Waals surface area contributed by atoms with Gasteiger partial charge in [-0.25, -0.2) is 0 Å². The second-order valence-corrected chi connectivity index (χ2v) is 12.5. The molecule has 7 aromatic rings. The van der Waals surface area contributed by atoms with E-state index in [1.54, 1.807) is 0 Å². The zero-order chi connectivity index (χ0) is 27.6. The third-order valence-corrected chi connectivity index (χ3v) is 9.89. The van der Waals surface area contributed by atoms with Gasteiger partial charge in [0.05, 0.1) is 0 Å². The summed E-state index contributed by atoms with van der Waals surface area (Å²) in [5.41, 5.74) is 12.6. The third kappa shape index (κ3) is 3.83. The van der Waals surface area contributed by atoms with Crippen LogP contribution in [-0.4, -0.2) is 0 Å². The number of anilines is 2. The van der Waals surface area contributed by atoms with Gasteiger partial charge in [0.1, 0.15) is 0 Å². The molecule has 0 aliphatic heterocycles. The highest BCUT2D eigenvalue weighted by Gasteiger charge is 2.35. The van der Waals surface area contributed by atoms with Gasteiger partial charge in [-0.3, -0.25) is 0 Å². The van der Waals surface area contributed by atoms with Gasteiger partial charge in [0.25, 0.3) is 0 Å². The van der Waals surface area contributed by atoms with Gasteiger partial charge in [-0.1, -0.05) is 123 Å². The first-order valence-electron chi connectivity index (χ1n) is 14.2. The van der Waals surface area contributed by atoms with E-state index in [0.29, 0.717) is 0 Å². The number of hydrogen-bond donors (Lipinski definition) is 1. The Hall–Kier alpha value is -4.66. The van der Waals surface area contributed by atoms with Crippen LogP contribution in [0.2, 0.25) is 0 Å². The van der Waals surface area contributed by atoms with E-state index in [2.05, 4.69) is 153 Å². The van der Waals surface area contributed by atoms with E-state index in [4.69, 9.17) is 0 Å². The van der Waals surface area contributed by atoms with Crippen LogP contribution in [0.25, 0.3) is 53.6 Å². The lowest BCUT2D eigenvalue weighted by atomic mass is 9.82. The third-order valence-electron chi connectivity index (χ3n) is 8.69. The lowest BCUT2D eigenvalue weighted by molar-refractivity contribution is 0.660. The van der Waals surface area contributed by atoms with E-state index in [9.17, 15) is 0 Å². The zero-order valence-electron chi connectivity index (χ0n) is 23.1. The van der Waals surface area contributed by atoms with Crippen LogP contribution < -0.4 is 5.32 Å². The molecule has 196 valence electrons. The first kappa shape index (κ1) is 24.2. The Morgan fingerprint density at radius 3 is 2.07 bits per heavy atom. The van der Waals surface area contributed by atoms with Crippen LogP contribution in [-0.2, 0) is 5.41 Å². The smallest absolute Gasteiger partial charge is 0.0478 e. The van der Waals surface area contributed by atoms with Crippen molar-refractivity contribution in [1.29, 1.82) is 0 Å². The van der Waals surface area contributed by atoms with Crippen molar-refractivity contribution in [2.24, 2.45) is 0 Å². The molecular weight excluding hydrogens is 515 g/mol. The molecule has 0 saturated heterocycles. The maximum absolute atomic E-state index is 3.85. The summed E-state index contributed by atoms with van der Waals surface area (Å²) in [4.78, 5) is 0. The molecule has 1 nitrogen and oxygen atoms in total. The quantitative estimate of drug-likeness (QED) is 0.233. The van der Waals surface area contributed by atoms with Crippen molar-refractivity contribution < 1.29 is 0 Å². The number of rotatable bonds is 4. The van der Waals surface area contributed by atoms with E-state index in [0.717, 1.165) is 11.4 Å². The summed E-state index contributed by atoms with van der Waals surface area (Å²) in [7, 11) is 0. The minimum Gasteiger partial charge on any atom is -0.355 e. The van der Waals surface area contributed by atoms with Gasteiger partial charge in [-0.05, 0) is 63.2 Å². The van der Waals surface area contributed by atoms with Crippen molar-refractivity contribution in [2.75, 3.05) is 5.32 Å². The van der Waals surface area contributed by atoms with E-state index in [1.165, 1.54) is 64.7 Å². The van der Waals surface area contributed by atoms with Crippen LogP contribution in [0, 0.1) is 0 Å². The van der Waals surface area contributed by atoms with Crippen molar-refractivity contribution in [3.63, 3.8) is 0 Å². The Labute approximate surface area is 244 Å². The van der Waals surface area contributed by atoms with Gasteiger partial charge in [0.15, 0.2) is 0 Å². The summed E-state index contributed by atoms with van der Waals surface area (Å²) in [6, 6.07) is 48.6. The highest BCUT2D eigenvalue weighted by molar-refractivity contribution is 7.26. The molecule has 0 radical (unpaired) electrons. The molecule has 1 aromatic heterocycles. The van der Waals surface area contributed by atoms with Crippen molar-refractivity contribution in [3.05, 3.63) is 145 Å². The Morgan fingerprint density at radius 2 is 1.22 bits per heavy atom. The fraction of sp³-hybridized carbons (Fsp3) is 0.0769. The molecule has 1 aliphatic rings. The fourth-order valence-electron chi connectivity index (χ4n) is 6.58. The van der Waals surface area contributed by atoms with Gasteiger partial charge in [-0.15, -0.1) is 11.3 Å². The number of fused-ring (bicyclic) bond motifs is 6. The minimum atomic E-state index is -0.0326. The SMILES string of the molecule is CC1(C)c2ccccc2-c2ccc(Nc3ccc4c(sc5ccccc54)c3-c3ccc(-c4ccccc4)cc3)cc21. The molecule has 0 spiro atoms. The van der Waals surface area contributed by atoms with Crippen LogP contribution in [0.3, 0.4) is 0 Å². The van der Waals surface area contributed by atoms with Crippen molar-refractivity contribution in [1.82, 2.24) is 0 Å². The Bertz CT molecular complexity index is 2080. The average Bonchev–Trinajstić information content (AvgIpc) is 3.50. The molecule has 0 atom stereocenters. The van der Waals surface area contributed by atoms with E-state index in [-0.39, 0.29) is 5.41 Å². The summed E-state index contributed by atoms with van der Waals surface area (Å²) in [5, 5.41) is 6.48. The summed E-state index contributed by atoms with van der Waals surface area (Å²) in [6.45, 7) is 4.68. The molecule has 1 heterocycles. The minimum absolute atomic E-state index is 0.0326. The molecule has 0 bridgehead atoms. The van der Waals surface area contributed by atoms with Crippen LogP contribution >= 0.6 is 11.3 Å². The number of thiophene rings is 1. The molecule has 1 N–H and O–H groups in total. The molecule has 6 aromatic carbocycles. The van der Waals surface area contributed by atoms with Crippen molar-refractivity contribution in [3.8, 4) is 33.4 Å². The van der Waals surface area contributed by atoms with E-state index >= 15 is 0 Å². The number of nitrogens with one attached hydrogen (secondary N) is 1. The monoisotopic (exact) mass is 543 g/mol. The van der Waals surface area contributed by atoms with Gasteiger partial charge in [-0.2, -0.15) is 0 Å². The Morgan fingerprint density at radius 1 is 0.537 bits per heavy atom. The topological polar surface area (TPSA) is 12.0 Å². The predicted molar refractivity (Wildman–Crippen MR) is 177 cm³/mol. The molecule has 8 rings (SSSR count). The summed E-state index contributed by atoms with van der Waals surface area (Å²) in [5.74, 6) is 0. The molecule has 1 aliphatic carbocycles. The maximum Gasteiger partial charge on any atom is 0.0478 e. The molecule has 0 saturated carbocycles. The molecular formula is C39H29NS. The highest BCUT2D eigenvalue weighted by Crippen LogP contribution is 2.50. The number of benzene rings is 6. The van der Waals surface area contributed by atoms with Crippen LogP contribution in [0.4, 0.5) is 11.4 Å². The van der Waals surface area contributed by atoms with Gasteiger partial charge in [0, 0.05) is 42.5 Å². The Balaban J connectivity index is 1.27. The predicted octanol–water partition coefficient (Wildman–Crippen LogP) is 11.4. The standard InChI is InChI=1S/C39H29NS/c1-39(2)33-14-8-6-12-29(33)30-21-20-28(24-34(30)39)40-35-23-22-32-31-13-7-9-15-36(31)41-38(32)37(35)27-18-16-26(17-19-27)25-10-4-3-5-11-25/h3-24,40H,1-2H3. The molecule has 0 unspecified atom stereocenters. The lowest BCUT2D eigenvalue weighted by Crippen LogP contribution is -2.15. The molecule has 41 heavy (non-hydrogen) atoms. The maximum atomic E-state index is 3.85. The van der Waals surface area contributed by atoms with Gasteiger partial charge >= 0.3 is 0 Å². The Kier molecular flexibility index (Phi) is 5.42. The van der Waals surface area contributed by atoms with E-state index in [1.807, 2.05) is 11.3 Å². The lowest BCUT2D eigenvalue weighted by Gasteiger charge is -2.22. The van der Waals surface area contributed by atoms with Crippen LogP contribution in [0.15, 0.2) is 133 Å². The summed E-state index contributed by atoms with van der Waals surface area (Å²) < 4.78 is 2.64. The molecule has 2 heteroatoms. The summed E-state index contributed by atoms with van der Waals surface area (Å²) >= 11 is 1.88. The molecule has 0 amide bonds. The molecule has 0 fully saturated rings. The fourth-order valence-corrected chi connectivity index (χ4v) is 7.85. The zero-order valence-corrected chi connectivity index (χ0v) is 23.9. The van der Waals surface area contributed by atoms with Crippen LogP contribution in [0.1, 0.15) is 25.0 Å². The number of hydrogen-bond acceptors (Lipinski definition) is 2. The summed E-state index contributed by atoms with van der Waals surface area (Å²) in [6.07, 6.45) is 0. The second-order valence-electron chi connectivity index (χ2n) is 11.5. The average molecular weight is 544 g/mol.